The summed E-state index contributed by atoms with van der Waals surface area (Å²) >= 11 is 8.63. The highest BCUT2D eigenvalue weighted by molar-refractivity contribution is 7.09. The molecule has 2 aliphatic heterocycles. The molecule has 1 spiro atoms. The Morgan fingerprint density at radius 1 is 1.13 bits per heavy atom. The quantitative estimate of drug-likeness (QED) is 0.0980. The fourth-order valence-corrected chi connectivity index (χ4v) is 9.55. The van der Waals surface area contributed by atoms with Crippen LogP contribution in [-0.2, 0) is 22.1 Å². The Bertz CT molecular complexity index is 2000. The van der Waals surface area contributed by atoms with Crippen molar-refractivity contribution in [3.05, 3.63) is 90.6 Å². The van der Waals surface area contributed by atoms with Gasteiger partial charge in [-0.05, 0) is 72.8 Å². The van der Waals surface area contributed by atoms with Crippen LogP contribution in [0.15, 0.2) is 52.6 Å². The SMILES string of the molecule is CC(C)c1nc(C(=O)N2CCOC3(CCN(Cc4cccc(CCNCC(O[Si](C)(C)C(C)(C)C)c5ccc(O)c6[nH]c(=O)ccc56)c4Cl)CC3)C2)cs1. The summed E-state index contributed by atoms with van der Waals surface area (Å²) < 4.78 is 13.4. The predicted octanol–water partition coefficient (Wildman–Crippen LogP) is 7.87. The molecule has 2 saturated heterocycles. The lowest BCUT2D eigenvalue weighted by Crippen LogP contribution is -2.58. The lowest BCUT2D eigenvalue weighted by atomic mass is 9.89. The van der Waals surface area contributed by atoms with E-state index in [0.29, 0.717) is 49.9 Å². The van der Waals surface area contributed by atoms with E-state index in [9.17, 15) is 14.7 Å². The van der Waals surface area contributed by atoms with Crippen molar-refractivity contribution in [3.8, 4) is 5.75 Å². The van der Waals surface area contributed by atoms with Gasteiger partial charge in [0.2, 0.25) is 5.56 Å². The predicted molar refractivity (Wildman–Crippen MR) is 221 cm³/mol. The summed E-state index contributed by atoms with van der Waals surface area (Å²) in [5.74, 6) is 0.353. The average Bonchev–Trinajstić information content (AvgIpc) is 3.63. The summed E-state index contributed by atoms with van der Waals surface area (Å²) in [7, 11) is -2.19. The van der Waals surface area contributed by atoms with Crippen molar-refractivity contribution < 1.29 is 19.1 Å². The van der Waals surface area contributed by atoms with Crippen molar-refractivity contribution in [3.63, 3.8) is 0 Å². The van der Waals surface area contributed by atoms with E-state index >= 15 is 0 Å². The zero-order chi connectivity index (χ0) is 38.8. The Morgan fingerprint density at radius 2 is 1.87 bits per heavy atom. The van der Waals surface area contributed by atoms with Crippen molar-refractivity contribution in [1.29, 1.82) is 0 Å². The van der Waals surface area contributed by atoms with E-state index in [0.717, 1.165) is 71.0 Å². The molecule has 0 saturated carbocycles. The van der Waals surface area contributed by atoms with E-state index in [2.05, 4.69) is 86.1 Å². The highest BCUT2D eigenvalue weighted by atomic mass is 35.5. The second-order valence-electron chi connectivity index (χ2n) is 16.8. The number of aromatic nitrogens is 2. The zero-order valence-electron chi connectivity index (χ0n) is 32.8. The van der Waals surface area contributed by atoms with Crippen LogP contribution in [0.3, 0.4) is 0 Å². The minimum Gasteiger partial charge on any atom is -0.506 e. The Labute approximate surface area is 329 Å². The number of phenolic OH excluding ortho intramolecular Hbond substituents is 1. The van der Waals surface area contributed by atoms with Crippen LogP contribution in [-0.4, -0.2) is 90.6 Å². The molecule has 0 radical (unpaired) electrons. The minimum absolute atomic E-state index is 0.00220. The van der Waals surface area contributed by atoms with E-state index in [4.69, 9.17) is 20.8 Å². The van der Waals surface area contributed by atoms with Crippen LogP contribution >= 0.6 is 22.9 Å². The molecule has 0 bridgehead atoms. The normalized spacial score (nSPS) is 17.5. The monoisotopic (exact) mass is 793 g/mol. The van der Waals surface area contributed by atoms with Gasteiger partial charge in [-0.2, -0.15) is 0 Å². The molecule has 4 aromatic rings. The fourth-order valence-electron chi connectivity index (χ4n) is 7.18. The number of H-pyrrole nitrogens is 1. The Morgan fingerprint density at radius 3 is 2.57 bits per heavy atom. The first kappa shape index (κ1) is 40.6. The molecule has 2 fully saturated rings. The number of nitrogens with one attached hydrogen (secondary N) is 2. The molecule has 0 aliphatic carbocycles. The number of ether oxygens (including phenoxy) is 1. The molecule has 10 nitrogen and oxygen atoms in total. The molecule has 1 amide bonds. The van der Waals surface area contributed by atoms with E-state index in [-0.39, 0.29) is 34.0 Å². The number of rotatable bonds is 12. The van der Waals surface area contributed by atoms with E-state index < -0.39 is 8.32 Å². The summed E-state index contributed by atoms with van der Waals surface area (Å²) in [5.41, 5.74) is 3.52. The Balaban J connectivity index is 1.06. The standard InChI is InChI=1S/C41H56ClN5O5SSi/c1-27(2)38-44-32(25-53-38)39(50)47-21-22-51-41(26-47)16-19-46(20-17-41)24-29-10-8-9-28(36(29)42)15-18-43-23-34(52-54(6,7)40(3,4)5)30-11-13-33(48)37-31(30)12-14-35(49)45-37/h8-14,25,27,34,43,48H,15-24,26H2,1-7H3,(H,45,49). The van der Waals surface area contributed by atoms with Gasteiger partial charge in [0.05, 0.1) is 35.4 Å². The Hall–Kier alpha value is -3.10. The number of thiazole rings is 1. The van der Waals surface area contributed by atoms with E-state index in [1.165, 1.54) is 6.07 Å². The molecule has 13 heteroatoms. The van der Waals surface area contributed by atoms with Crippen molar-refractivity contribution in [2.75, 3.05) is 45.9 Å². The summed E-state index contributed by atoms with van der Waals surface area (Å²) in [4.78, 5) is 37.2. The van der Waals surface area contributed by atoms with Crippen LogP contribution in [0.1, 0.15) is 91.7 Å². The maximum atomic E-state index is 13.3. The van der Waals surface area contributed by atoms with Crippen molar-refractivity contribution in [2.24, 2.45) is 0 Å². The highest BCUT2D eigenvalue weighted by Gasteiger charge is 2.42. The largest absolute Gasteiger partial charge is 0.506 e. The molecule has 4 heterocycles. The lowest BCUT2D eigenvalue weighted by Gasteiger charge is -2.47. The minimum atomic E-state index is -2.19. The fraction of sp³-hybridized carbons (Fsp3) is 0.537. The summed E-state index contributed by atoms with van der Waals surface area (Å²) in [6, 6.07) is 13.1. The number of phenols is 1. The number of fused-ring (bicyclic) bond motifs is 1. The number of carbonyl (C=O) groups excluding carboxylic acids is 1. The number of pyridine rings is 1. The van der Waals surface area contributed by atoms with Crippen LogP contribution < -0.4 is 10.9 Å². The van der Waals surface area contributed by atoms with Crippen molar-refractivity contribution in [2.45, 2.75) is 96.2 Å². The molecule has 292 valence electrons. The van der Waals surface area contributed by atoms with Crippen LogP contribution in [0, 0.1) is 0 Å². The highest BCUT2D eigenvalue weighted by Crippen LogP contribution is 2.41. The maximum Gasteiger partial charge on any atom is 0.273 e. The topological polar surface area (TPSA) is 120 Å². The third-order valence-corrected chi connectivity index (χ3v) is 17.6. The van der Waals surface area contributed by atoms with Gasteiger partial charge < -0.3 is 29.5 Å². The number of likely N-dealkylation sites (tertiary alicyclic amines) is 1. The van der Waals surface area contributed by atoms with Gasteiger partial charge in [-0.15, -0.1) is 11.3 Å². The van der Waals surface area contributed by atoms with E-state index in [1.54, 1.807) is 23.5 Å². The summed E-state index contributed by atoms with van der Waals surface area (Å²) in [5, 5.41) is 18.6. The second-order valence-corrected chi connectivity index (χ2v) is 22.8. The first-order valence-electron chi connectivity index (χ1n) is 19.2. The lowest BCUT2D eigenvalue weighted by molar-refractivity contribution is -0.128. The number of piperidine rings is 1. The number of aromatic amines is 1. The van der Waals surface area contributed by atoms with Gasteiger partial charge in [0.25, 0.3) is 5.91 Å². The average molecular weight is 795 g/mol. The number of morpholine rings is 1. The van der Waals surface area contributed by atoms with Crippen LogP contribution in [0.25, 0.3) is 10.9 Å². The van der Waals surface area contributed by atoms with Crippen LogP contribution in [0.5, 0.6) is 5.75 Å². The summed E-state index contributed by atoms with van der Waals surface area (Å²) in [6.45, 7) is 20.8. The van der Waals surface area contributed by atoms with Gasteiger partial charge in [-0.3, -0.25) is 14.5 Å². The Kier molecular flexibility index (Phi) is 12.4. The van der Waals surface area contributed by atoms with Gasteiger partial charge >= 0.3 is 0 Å². The maximum absolute atomic E-state index is 13.3. The van der Waals surface area contributed by atoms with Crippen molar-refractivity contribution >= 4 is 48.1 Å². The summed E-state index contributed by atoms with van der Waals surface area (Å²) in [6.07, 6.45) is 2.18. The number of carbonyl (C=O) groups is 1. The van der Waals surface area contributed by atoms with Crippen LogP contribution in [0.2, 0.25) is 23.2 Å². The number of amides is 1. The van der Waals surface area contributed by atoms with Crippen LogP contribution in [0.4, 0.5) is 0 Å². The number of aromatic hydroxyl groups is 1. The first-order valence-corrected chi connectivity index (χ1v) is 23.3. The third-order valence-electron chi connectivity index (χ3n) is 11.5. The number of nitrogens with zero attached hydrogens (tertiary/aromatic N) is 3. The second kappa shape index (κ2) is 16.6. The number of benzene rings is 2. The molecule has 6 rings (SSSR count). The number of halogens is 1. The molecule has 2 aliphatic rings. The molecule has 3 N–H and O–H groups in total. The first-order chi connectivity index (χ1) is 25.6. The van der Waals surface area contributed by atoms with Gasteiger partial charge in [-0.25, -0.2) is 4.98 Å². The molecular weight excluding hydrogens is 738 g/mol. The number of hydrogen-bond acceptors (Lipinski definition) is 9. The molecule has 2 aromatic heterocycles. The number of hydrogen-bond donors (Lipinski definition) is 3. The van der Waals surface area contributed by atoms with Gasteiger partial charge in [0, 0.05) is 60.5 Å². The molecule has 1 unspecified atom stereocenters. The van der Waals surface area contributed by atoms with Gasteiger partial charge in [0.15, 0.2) is 8.32 Å². The van der Waals surface area contributed by atoms with Gasteiger partial charge in [0.1, 0.15) is 11.4 Å². The van der Waals surface area contributed by atoms with E-state index in [1.807, 2.05) is 16.3 Å². The zero-order valence-corrected chi connectivity index (χ0v) is 35.3. The smallest absolute Gasteiger partial charge is 0.273 e. The van der Waals surface area contributed by atoms with Gasteiger partial charge in [-0.1, -0.05) is 70.5 Å². The third kappa shape index (κ3) is 9.12. The van der Waals surface area contributed by atoms with Crippen molar-refractivity contribution in [1.82, 2.24) is 25.1 Å². The molecule has 54 heavy (non-hydrogen) atoms. The molecular formula is C41H56ClN5O5SSi. The molecule has 1 atom stereocenters. The molecule has 2 aromatic carbocycles.